The standard InChI is InChI=1S/C15H19N5O2S/c1-3-13-19-20-15(23-13)16-14(22)11-7-10(17-18-11)9-6-8(2)4-5-12(9)21/h4-6,10-11,17-18,21H,3,7H2,1-2H3,(H,16,20,22). The van der Waals surface area contributed by atoms with E-state index >= 15 is 0 Å². The summed E-state index contributed by atoms with van der Waals surface area (Å²) in [6.45, 7) is 3.96. The van der Waals surface area contributed by atoms with Crippen molar-refractivity contribution < 1.29 is 9.90 Å². The van der Waals surface area contributed by atoms with Crippen LogP contribution in [-0.2, 0) is 11.2 Å². The lowest BCUT2D eigenvalue weighted by Crippen LogP contribution is -2.39. The van der Waals surface area contributed by atoms with Crippen molar-refractivity contribution >= 4 is 22.4 Å². The number of benzene rings is 1. The van der Waals surface area contributed by atoms with Crippen LogP contribution < -0.4 is 16.2 Å². The van der Waals surface area contributed by atoms with Gasteiger partial charge < -0.3 is 5.11 Å². The van der Waals surface area contributed by atoms with E-state index in [4.69, 9.17) is 0 Å². The van der Waals surface area contributed by atoms with Crippen molar-refractivity contribution in [3.8, 4) is 5.75 Å². The van der Waals surface area contributed by atoms with Gasteiger partial charge in [0.2, 0.25) is 11.0 Å². The predicted molar refractivity (Wildman–Crippen MR) is 88.2 cm³/mol. The highest BCUT2D eigenvalue weighted by molar-refractivity contribution is 7.15. The molecule has 2 atom stereocenters. The van der Waals surface area contributed by atoms with Gasteiger partial charge in [-0.2, -0.15) is 0 Å². The number of aryl methyl sites for hydroxylation is 2. The van der Waals surface area contributed by atoms with Crippen LogP contribution in [0.2, 0.25) is 0 Å². The topological polar surface area (TPSA) is 99.2 Å². The summed E-state index contributed by atoms with van der Waals surface area (Å²) in [5, 5.41) is 22.1. The number of carbonyl (C=O) groups excluding carboxylic acids is 1. The molecule has 1 amide bonds. The number of hydrazine groups is 1. The lowest BCUT2D eigenvalue weighted by molar-refractivity contribution is -0.117. The first-order valence-electron chi connectivity index (χ1n) is 7.50. The van der Waals surface area contributed by atoms with Crippen LogP contribution in [0.4, 0.5) is 5.13 Å². The van der Waals surface area contributed by atoms with Gasteiger partial charge in [0, 0.05) is 5.56 Å². The second-order valence-electron chi connectivity index (χ2n) is 5.54. The number of aromatic hydroxyl groups is 1. The maximum atomic E-state index is 12.3. The number of anilines is 1. The van der Waals surface area contributed by atoms with Gasteiger partial charge in [-0.15, -0.1) is 10.2 Å². The molecule has 122 valence electrons. The molecule has 1 aliphatic heterocycles. The van der Waals surface area contributed by atoms with Crippen molar-refractivity contribution in [3.05, 3.63) is 34.3 Å². The average molecular weight is 333 g/mol. The second-order valence-corrected chi connectivity index (χ2v) is 6.60. The molecule has 2 heterocycles. The largest absolute Gasteiger partial charge is 0.508 e. The van der Waals surface area contributed by atoms with E-state index in [0.717, 1.165) is 22.6 Å². The van der Waals surface area contributed by atoms with Gasteiger partial charge in [0.05, 0.1) is 6.04 Å². The molecule has 2 unspecified atom stereocenters. The molecular formula is C15H19N5O2S. The molecule has 7 nitrogen and oxygen atoms in total. The lowest BCUT2D eigenvalue weighted by Gasteiger charge is -2.12. The summed E-state index contributed by atoms with van der Waals surface area (Å²) in [5.41, 5.74) is 7.90. The summed E-state index contributed by atoms with van der Waals surface area (Å²) in [6.07, 6.45) is 1.34. The molecule has 1 aromatic heterocycles. The van der Waals surface area contributed by atoms with Crippen LogP contribution in [0.1, 0.15) is 35.5 Å². The fraction of sp³-hybridized carbons (Fsp3) is 0.400. The zero-order chi connectivity index (χ0) is 16.4. The number of phenolic OH excluding ortho intramolecular Hbond substituents is 1. The van der Waals surface area contributed by atoms with E-state index < -0.39 is 6.04 Å². The molecule has 1 fully saturated rings. The van der Waals surface area contributed by atoms with E-state index in [1.165, 1.54) is 11.3 Å². The summed E-state index contributed by atoms with van der Waals surface area (Å²) in [4.78, 5) is 12.3. The summed E-state index contributed by atoms with van der Waals surface area (Å²) < 4.78 is 0. The van der Waals surface area contributed by atoms with Gasteiger partial charge in [-0.25, -0.2) is 10.9 Å². The third-order valence-corrected chi connectivity index (χ3v) is 4.76. The van der Waals surface area contributed by atoms with Crippen molar-refractivity contribution in [2.24, 2.45) is 0 Å². The van der Waals surface area contributed by atoms with E-state index in [1.807, 2.05) is 26.0 Å². The number of amides is 1. The molecule has 0 saturated carbocycles. The first-order chi connectivity index (χ1) is 11.1. The molecule has 4 N–H and O–H groups in total. The lowest BCUT2D eigenvalue weighted by atomic mass is 9.99. The van der Waals surface area contributed by atoms with Gasteiger partial charge in [-0.05, 0) is 25.8 Å². The number of aromatic nitrogens is 2. The van der Waals surface area contributed by atoms with Crippen molar-refractivity contribution in [2.75, 3.05) is 5.32 Å². The van der Waals surface area contributed by atoms with Gasteiger partial charge in [0.15, 0.2) is 0 Å². The zero-order valence-electron chi connectivity index (χ0n) is 13.0. The van der Waals surface area contributed by atoms with Gasteiger partial charge in [0.25, 0.3) is 0 Å². The number of nitrogens with one attached hydrogen (secondary N) is 3. The van der Waals surface area contributed by atoms with Crippen LogP contribution >= 0.6 is 11.3 Å². The third-order valence-electron chi connectivity index (χ3n) is 3.78. The molecular weight excluding hydrogens is 314 g/mol. The van der Waals surface area contributed by atoms with Crippen molar-refractivity contribution in [1.82, 2.24) is 21.0 Å². The summed E-state index contributed by atoms with van der Waals surface area (Å²) in [6, 6.07) is 4.94. The number of hydrogen-bond acceptors (Lipinski definition) is 7. The second kappa shape index (κ2) is 6.61. The molecule has 1 aliphatic rings. The van der Waals surface area contributed by atoms with E-state index in [-0.39, 0.29) is 17.7 Å². The Balaban J connectivity index is 1.64. The Morgan fingerprint density at radius 2 is 2.26 bits per heavy atom. The van der Waals surface area contributed by atoms with Gasteiger partial charge in [-0.1, -0.05) is 36.0 Å². The minimum Gasteiger partial charge on any atom is -0.508 e. The summed E-state index contributed by atoms with van der Waals surface area (Å²) in [7, 11) is 0. The Hall–Kier alpha value is -2.03. The fourth-order valence-electron chi connectivity index (χ4n) is 2.52. The summed E-state index contributed by atoms with van der Waals surface area (Å²) in [5.74, 6) is 0.0682. The van der Waals surface area contributed by atoms with Crippen LogP contribution in [0.25, 0.3) is 0 Å². The number of carbonyl (C=O) groups is 1. The Bertz CT molecular complexity index is 718. The van der Waals surface area contributed by atoms with Crippen LogP contribution in [0.3, 0.4) is 0 Å². The number of rotatable bonds is 4. The quantitative estimate of drug-likeness (QED) is 0.679. The smallest absolute Gasteiger partial charge is 0.244 e. The highest BCUT2D eigenvalue weighted by Gasteiger charge is 2.31. The SMILES string of the molecule is CCc1nnc(NC(=O)C2CC(c3cc(C)ccc3O)NN2)s1. The van der Waals surface area contributed by atoms with Gasteiger partial charge in [-0.3, -0.25) is 10.1 Å². The Kier molecular flexibility index (Phi) is 4.56. The van der Waals surface area contributed by atoms with Gasteiger partial charge in [0.1, 0.15) is 16.8 Å². The Labute approximate surface area is 138 Å². The fourth-order valence-corrected chi connectivity index (χ4v) is 3.21. The Morgan fingerprint density at radius 3 is 3.00 bits per heavy atom. The minimum atomic E-state index is -0.395. The molecule has 0 spiro atoms. The maximum Gasteiger partial charge on any atom is 0.244 e. The highest BCUT2D eigenvalue weighted by Crippen LogP contribution is 2.30. The zero-order valence-corrected chi connectivity index (χ0v) is 13.8. The highest BCUT2D eigenvalue weighted by atomic mass is 32.1. The minimum absolute atomic E-state index is 0.119. The molecule has 1 saturated heterocycles. The van der Waals surface area contributed by atoms with E-state index in [0.29, 0.717) is 11.6 Å². The average Bonchev–Trinajstić information content (AvgIpc) is 3.18. The number of phenols is 1. The van der Waals surface area contributed by atoms with Crippen LogP contribution in [0, 0.1) is 6.92 Å². The van der Waals surface area contributed by atoms with E-state index in [9.17, 15) is 9.90 Å². The summed E-state index contributed by atoms with van der Waals surface area (Å²) >= 11 is 1.38. The first-order valence-corrected chi connectivity index (χ1v) is 8.32. The first kappa shape index (κ1) is 15.9. The van der Waals surface area contributed by atoms with Crippen molar-refractivity contribution in [2.45, 2.75) is 38.8 Å². The number of hydrogen-bond donors (Lipinski definition) is 4. The molecule has 2 aromatic rings. The molecule has 0 aliphatic carbocycles. The molecule has 1 aromatic carbocycles. The van der Waals surface area contributed by atoms with Crippen molar-refractivity contribution in [1.29, 1.82) is 0 Å². The molecule has 0 bridgehead atoms. The maximum absolute atomic E-state index is 12.3. The molecule has 8 heteroatoms. The molecule has 3 rings (SSSR count). The third kappa shape index (κ3) is 3.49. The molecule has 23 heavy (non-hydrogen) atoms. The normalized spacial score (nSPS) is 20.6. The van der Waals surface area contributed by atoms with E-state index in [1.54, 1.807) is 6.07 Å². The Morgan fingerprint density at radius 1 is 1.43 bits per heavy atom. The van der Waals surface area contributed by atoms with Crippen LogP contribution in [0.5, 0.6) is 5.75 Å². The monoisotopic (exact) mass is 333 g/mol. The number of nitrogens with zero attached hydrogens (tertiary/aromatic N) is 2. The van der Waals surface area contributed by atoms with Crippen LogP contribution in [-0.4, -0.2) is 27.3 Å². The van der Waals surface area contributed by atoms with Gasteiger partial charge >= 0.3 is 0 Å². The molecule has 0 radical (unpaired) electrons. The van der Waals surface area contributed by atoms with E-state index in [2.05, 4.69) is 26.4 Å². The predicted octanol–water partition coefficient (Wildman–Crippen LogP) is 1.66. The van der Waals surface area contributed by atoms with Crippen LogP contribution in [0.15, 0.2) is 18.2 Å². The van der Waals surface area contributed by atoms with Crippen molar-refractivity contribution in [3.63, 3.8) is 0 Å².